The Bertz CT molecular complexity index is 1020. The van der Waals surface area contributed by atoms with Crippen LogP contribution in [-0.4, -0.2) is 65.7 Å². The molecule has 1 aromatic carbocycles. The van der Waals surface area contributed by atoms with E-state index < -0.39 is 6.10 Å². The summed E-state index contributed by atoms with van der Waals surface area (Å²) in [5, 5.41) is 25.4. The van der Waals surface area contributed by atoms with Gasteiger partial charge < -0.3 is 30.8 Å². The van der Waals surface area contributed by atoms with Crippen LogP contribution in [0, 0.1) is 5.41 Å². The number of likely N-dealkylation sites (tertiary alicyclic amines) is 1. The minimum absolute atomic E-state index is 0.189. The number of aliphatic imine (C=N–C) groups is 1. The van der Waals surface area contributed by atoms with E-state index in [1.54, 1.807) is 29.2 Å². The molecule has 0 saturated carbocycles. The van der Waals surface area contributed by atoms with Crippen molar-refractivity contribution >= 4 is 28.9 Å². The van der Waals surface area contributed by atoms with Gasteiger partial charge in [-0.3, -0.25) is 4.79 Å². The summed E-state index contributed by atoms with van der Waals surface area (Å²) in [4.78, 5) is 19.4. The minimum atomic E-state index is -0.630. The summed E-state index contributed by atoms with van der Waals surface area (Å²) in [6.45, 7) is 5.35. The van der Waals surface area contributed by atoms with Crippen molar-refractivity contribution in [2.45, 2.75) is 32.5 Å². The molecule has 1 aromatic rings. The van der Waals surface area contributed by atoms with Gasteiger partial charge in [-0.1, -0.05) is 23.7 Å². The van der Waals surface area contributed by atoms with Crippen molar-refractivity contribution < 1.29 is 14.6 Å². The lowest BCUT2D eigenvalue weighted by Crippen LogP contribution is -2.46. The summed E-state index contributed by atoms with van der Waals surface area (Å²) < 4.78 is 6.03. The monoisotopic (exact) mass is 443 g/mol. The smallest absolute Gasteiger partial charge is 0.258 e. The maximum Gasteiger partial charge on any atom is 0.258 e. The number of aliphatic hydroxyl groups excluding tert-OH is 1. The van der Waals surface area contributed by atoms with Gasteiger partial charge >= 0.3 is 0 Å². The molecule has 8 nitrogen and oxygen atoms in total. The fourth-order valence-electron chi connectivity index (χ4n) is 3.92. The number of benzene rings is 1. The Morgan fingerprint density at radius 1 is 1.32 bits per heavy atom. The fourth-order valence-corrected chi connectivity index (χ4v) is 4.01. The first-order chi connectivity index (χ1) is 14.8. The highest BCUT2D eigenvalue weighted by atomic mass is 35.5. The Labute approximate surface area is 186 Å². The zero-order valence-corrected chi connectivity index (χ0v) is 18.3. The van der Waals surface area contributed by atoms with Gasteiger partial charge in [0.05, 0.1) is 35.1 Å². The van der Waals surface area contributed by atoms with Crippen LogP contribution in [0.15, 0.2) is 51.4 Å². The molecule has 1 unspecified atom stereocenters. The third-order valence-corrected chi connectivity index (χ3v) is 6.21. The van der Waals surface area contributed by atoms with Crippen LogP contribution < -0.4 is 15.4 Å². The van der Waals surface area contributed by atoms with Gasteiger partial charge in [-0.2, -0.15) is 0 Å². The number of carbonyl (C=O) groups excluding carboxylic acids is 1. The number of para-hydroxylation sites is 1. The van der Waals surface area contributed by atoms with Crippen LogP contribution in [0.2, 0.25) is 0 Å². The van der Waals surface area contributed by atoms with E-state index in [9.17, 15) is 9.90 Å². The third-order valence-electron chi connectivity index (χ3n) is 5.65. The number of piperidine rings is 1. The number of aliphatic hydroxyl groups is 1. The number of β-amino-alcohol motifs (C(OH)–C–C–N with tert-alkyl or cyclic N) is 1. The highest BCUT2D eigenvalue weighted by molar-refractivity contribution is 6.43. The molecule has 2 fully saturated rings. The molecule has 3 aliphatic heterocycles. The van der Waals surface area contributed by atoms with Gasteiger partial charge in [-0.15, -0.1) is 0 Å². The Morgan fingerprint density at radius 3 is 2.84 bits per heavy atom. The van der Waals surface area contributed by atoms with Crippen LogP contribution in [0.25, 0.3) is 0 Å². The third kappa shape index (κ3) is 4.37. The van der Waals surface area contributed by atoms with Gasteiger partial charge in [0.1, 0.15) is 23.8 Å². The van der Waals surface area contributed by atoms with Crippen molar-refractivity contribution in [3.05, 3.63) is 52.0 Å². The number of hydrogen-bond acceptors (Lipinski definition) is 7. The highest BCUT2D eigenvalue weighted by Gasteiger charge is 2.32. The van der Waals surface area contributed by atoms with Crippen LogP contribution in [0.1, 0.15) is 30.6 Å². The number of allylic oxidation sites excluding steroid dienone is 2. The van der Waals surface area contributed by atoms with E-state index in [0.717, 1.165) is 12.2 Å². The van der Waals surface area contributed by atoms with Crippen LogP contribution in [0.5, 0.6) is 5.75 Å². The molecule has 3 heterocycles. The summed E-state index contributed by atoms with van der Waals surface area (Å²) in [6.07, 6.45) is -0.338. The van der Waals surface area contributed by atoms with Gasteiger partial charge in [0, 0.05) is 17.8 Å². The van der Waals surface area contributed by atoms with Gasteiger partial charge in [-0.05, 0) is 38.9 Å². The highest BCUT2D eigenvalue weighted by Crippen LogP contribution is 2.27. The second-order valence-corrected chi connectivity index (χ2v) is 8.32. The van der Waals surface area contributed by atoms with Crippen LogP contribution in [0.4, 0.5) is 0 Å². The number of hydrogen-bond donors (Lipinski definition) is 4. The van der Waals surface area contributed by atoms with Gasteiger partial charge in [0.15, 0.2) is 0 Å². The SMILES string of the molecule is CC1=N/C(=C2\CN(C(=O)c3ccccc3OC3CCNC[C@@H]3O)CC2=N)NC(C)=C1Cl. The number of rotatable bonds is 3. The van der Waals surface area contributed by atoms with Crippen molar-refractivity contribution in [3.63, 3.8) is 0 Å². The first-order valence-electron chi connectivity index (χ1n) is 10.3. The molecule has 0 bridgehead atoms. The number of amides is 1. The van der Waals surface area contributed by atoms with Gasteiger partial charge in [0.25, 0.3) is 5.91 Å². The van der Waals surface area contributed by atoms with Crippen molar-refractivity contribution in [3.8, 4) is 5.75 Å². The molecule has 2 atom stereocenters. The Balaban J connectivity index is 1.55. The molecular formula is C22H26ClN5O3. The first kappa shape index (κ1) is 21.5. The predicted molar refractivity (Wildman–Crippen MR) is 120 cm³/mol. The quantitative estimate of drug-likeness (QED) is 0.571. The summed E-state index contributed by atoms with van der Waals surface area (Å²) in [5.74, 6) is 0.782. The largest absolute Gasteiger partial charge is 0.487 e. The average Bonchev–Trinajstić information content (AvgIpc) is 3.15. The van der Waals surface area contributed by atoms with Crippen molar-refractivity contribution in [1.29, 1.82) is 5.41 Å². The minimum Gasteiger partial charge on any atom is -0.487 e. The van der Waals surface area contributed by atoms with E-state index in [4.69, 9.17) is 21.7 Å². The molecule has 3 aliphatic rings. The predicted octanol–water partition coefficient (Wildman–Crippen LogP) is 2.01. The summed E-state index contributed by atoms with van der Waals surface area (Å²) in [6, 6.07) is 7.05. The van der Waals surface area contributed by atoms with E-state index in [-0.39, 0.29) is 25.1 Å². The topological polar surface area (TPSA) is 110 Å². The van der Waals surface area contributed by atoms with E-state index in [1.807, 2.05) is 13.8 Å². The fraction of sp³-hybridized carbons (Fsp3) is 0.409. The molecule has 31 heavy (non-hydrogen) atoms. The first-order valence-corrected chi connectivity index (χ1v) is 10.7. The second-order valence-electron chi connectivity index (χ2n) is 7.94. The summed E-state index contributed by atoms with van der Waals surface area (Å²) >= 11 is 6.20. The standard InChI is InChI=1S/C22H26ClN5O3/c1-12-20(23)13(2)27-21(26-12)15-10-28(11-16(15)24)22(30)14-5-3-4-6-18(14)31-19-7-8-25-9-17(19)29/h3-6,17,19,24-26,29H,7-11H2,1-2H3/b21-15+,24-16?/t17-,19?/m0/s1. The molecule has 0 aliphatic carbocycles. The maximum atomic E-state index is 13.3. The average molecular weight is 444 g/mol. The van der Waals surface area contributed by atoms with Crippen LogP contribution >= 0.6 is 11.6 Å². The number of carbonyl (C=O) groups is 1. The molecule has 9 heteroatoms. The van der Waals surface area contributed by atoms with Crippen LogP contribution in [-0.2, 0) is 0 Å². The lowest BCUT2D eigenvalue weighted by molar-refractivity contribution is 0.0155. The number of nitrogens with zero attached hydrogens (tertiary/aromatic N) is 2. The molecule has 2 saturated heterocycles. The Morgan fingerprint density at radius 2 is 2.10 bits per heavy atom. The molecule has 4 rings (SSSR count). The lowest BCUT2D eigenvalue weighted by atomic mass is 10.1. The van der Waals surface area contributed by atoms with Crippen molar-refractivity contribution in [2.24, 2.45) is 4.99 Å². The lowest BCUT2D eigenvalue weighted by Gasteiger charge is -2.29. The molecule has 0 radical (unpaired) electrons. The molecule has 0 aromatic heterocycles. The number of ether oxygens (including phenoxy) is 1. The zero-order chi connectivity index (χ0) is 22.1. The van der Waals surface area contributed by atoms with Gasteiger partial charge in [0.2, 0.25) is 0 Å². The Kier molecular flexibility index (Phi) is 6.13. The maximum absolute atomic E-state index is 13.3. The summed E-state index contributed by atoms with van der Waals surface area (Å²) in [5.41, 5.74) is 2.88. The molecule has 1 amide bonds. The molecule has 164 valence electrons. The zero-order valence-electron chi connectivity index (χ0n) is 17.5. The van der Waals surface area contributed by atoms with E-state index in [0.29, 0.717) is 52.1 Å². The number of nitrogens with one attached hydrogen (secondary N) is 3. The number of halogens is 1. The van der Waals surface area contributed by atoms with Crippen molar-refractivity contribution in [2.75, 3.05) is 26.2 Å². The van der Waals surface area contributed by atoms with Crippen molar-refractivity contribution in [1.82, 2.24) is 15.5 Å². The van der Waals surface area contributed by atoms with Gasteiger partial charge in [-0.25, -0.2) is 4.99 Å². The summed E-state index contributed by atoms with van der Waals surface area (Å²) in [7, 11) is 0. The molecule has 4 N–H and O–H groups in total. The molecule has 0 spiro atoms. The Hall–Kier alpha value is -2.68. The molecular weight excluding hydrogens is 418 g/mol. The van der Waals surface area contributed by atoms with E-state index >= 15 is 0 Å². The van der Waals surface area contributed by atoms with E-state index in [2.05, 4.69) is 15.6 Å². The van der Waals surface area contributed by atoms with Crippen LogP contribution in [0.3, 0.4) is 0 Å². The van der Waals surface area contributed by atoms with E-state index in [1.165, 1.54) is 0 Å². The second kappa shape index (κ2) is 8.82. The normalized spacial score (nSPS) is 26.6.